The van der Waals surface area contributed by atoms with Crippen LogP contribution in [0.25, 0.3) is 42.4 Å². The Morgan fingerprint density at radius 2 is 1.00 bits per heavy atom. The number of hydrogen-bond acceptors (Lipinski definition) is 2. The minimum Gasteiger partial charge on any atom is -0.302 e. The molecule has 6 aromatic carbocycles. The van der Waals surface area contributed by atoms with Crippen LogP contribution in [0.1, 0.15) is 0 Å². The molecule has 1 heterocycles. The predicted octanol–water partition coefficient (Wildman–Crippen LogP) is 9.83. The highest BCUT2D eigenvalue weighted by Gasteiger charge is 2.16. The van der Waals surface area contributed by atoms with Gasteiger partial charge in [-0.15, -0.1) is 11.3 Å². The molecule has 1 nitrogen and oxygen atoms in total. The molecule has 34 heavy (non-hydrogen) atoms. The largest absolute Gasteiger partial charge is 0.302 e. The molecular weight excluding hydrogens is 430 g/mol. The molecular formula is C32H21NS. The fourth-order valence-corrected chi connectivity index (χ4v) is 6.21. The average molecular weight is 452 g/mol. The highest BCUT2D eigenvalue weighted by atomic mass is 32.1. The van der Waals surface area contributed by atoms with E-state index in [-0.39, 0.29) is 0 Å². The summed E-state index contributed by atoms with van der Waals surface area (Å²) in [4.78, 5) is 2.35. The fourth-order valence-electron chi connectivity index (χ4n) is 4.98. The van der Waals surface area contributed by atoms with Gasteiger partial charge >= 0.3 is 0 Å². The first-order chi connectivity index (χ1) is 16.8. The summed E-state index contributed by atoms with van der Waals surface area (Å²) >= 11 is 1.86. The fraction of sp³-hybridized carbons (Fsp3) is 0. The second-order valence-corrected chi connectivity index (χ2v) is 9.69. The van der Waals surface area contributed by atoms with E-state index in [4.69, 9.17) is 0 Å². The Labute approximate surface area is 202 Å². The average Bonchev–Trinajstić information content (AvgIpc) is 3.33. The molecule has 1 aromatic heterocycles. The van der Waals surface area contributed by atoms with Gasteiger partial charge in [-0.2, -0.15) is 0 Å². The van der Waals surface area contributed by atoms with Crippen molar-refractivity contribution < 1.29 is 0 Å². The van der Waals surface area contributed by atoms with E-state index in [2.05, 4.69) is 132 Å². The quantitative estimate of drug-likeness (QED) is 0.191. The van der Waals surface area contributed by atoms with Crippen LogP contribution in [0.3, 0.4) is 0 Å². The molecule has 0 atom stereocenters. The third-order valence-electron chi connectivity index (χ3n) is 6.60. The number of para-hydroxylation sites is 2. The summed E-state index contributed by atoms with van der Waals surface area (Å²) in [5.74, 6) is 0. The SMILES string of the molecule is c1ccc(N(c2ccccc2)c2cc3ccc4c5cc6ccccc6cc5ccc4c3s2)cc1. The number of thiophene rings is 1. The molecule has 0 aliphatic carbocycles. The van der Waals surface area contributed by atoms with Gasteiger partial charge in [0.05, 0.1) is 0 Å². The van der Waals surface area contributed by atoms with E-state index in [0.717, 1.165) is 0 Å². The molecule has 0 saturated heterocycles. The number of rotatable bonds is 3. The lowest BCUT2D eigenvalue weighted by molar-refractivity contribution is 1.32. The van der Waals surface area contributed by atoms with Crippen LogP contribution in [0.2, 0.25) is 0 Å². The Morgan fingerprint density at radius 1 is 0.412 bits per heavy atom. The first-order valence-electron chi connectivity index (χ1n) is 11.5. The zero-order valence-electron chi connectivity index (χ0n) is 18.5. The number of anilines is 3. The van der Waals surface area contributed by atoms with Crippen molar-refractivity contribution in [3.63, 3.8) is 0 Å². The van der Waals surface area contributed by atoms with E-state index in [1.54, 1.807) is 0 Å². The second-order valence-electron chi connectivity index (χ2n) is 8.66. The summed E-state index contributed by atoms with van der Waals surface area (Å²) in [7, 11) is 0. The Kier molecular flexibility index (Phi) is 4.39. The number of benzene rings is 6. The van der Waals surface area contributed by atoms with Gasteiger partial charge in [0.1, 0.15) is 5.00 Å². The van der Waals surface area contributed by atoms with Crippen LogP contribution >= 0.6 is 11.3 Å². The molecule has 0 amide bonds. The molecule has 160 valence electrons. The van der Waals surface area contributed by atoms with Gasteiger partial charge in [0.2, 0.25) is 0 Å². The van der Waals surface area contributed by atoms with E-state index in [0.29, 0.717) is 0 Å². The standard InChI is InChI=1S/C32H21NS/c1-3-11-26(12-4-1)33(27-13-5-2-6-14-27)31-21-25-16-17-28-29(32(25)34-31)18-15-24-19-22-9-7-8-10-23(22)20-30(24)28/h1-21H. The van der Waals surface area contributed by atoms with E-state index in [1.807, 2.05) is 11.3 Å². The van der Waals surface area contributed by atoms with Crippen LogP contribution in [0.5, 0.6) is 0 Å². The molecule has 0 spiro atoms. The normalized spacial score (nSPS) is 11.5. The summed E-state index contributed by atoms with van der Waals surface area (Å²) in [5, 5.41) is 10.3. The van der Waals surface area contributed by atoms with E-state index >= 15 is 0 Å². The van der Waals surface area contributed by atoms with Crippen LogP contribution in [0, 0.1) is 0 Å². The minimum atomic E-state index is 1.17. The molecule has 7 rings (SSSR count). The third kappa shape index (κ3) is 3.07. The minimum absolute atomic E-state index is 1.17. The number of nitrogens with zero attached hydrogens (tertiary/aromatic N) is 1. The van der Waals surface area contributed by atoms with Crippen molar-refractivity contribution in [2.45, 2.75) is 0 Å². The summed E-state index contributed by atoms with van der Waals surface area (Å²) in [6, 6.07) is 46.0. The van der Waals surface area contributed by atoms with E-state index < -0.39 is 0 Å². The molecule has 0 aliphatic heterocycles. The van der Waals surface area contributed by atoms with Crippen LogP contribution in [-0.2, 0) is 0 Å². The van der Waals surface area contributed by atoms with E-state index in [1.165, 1.54) is 58.8 Å². The first-order valence-corrected chi connectivity index (χ1v) is 12.3. The van der Waals surface area contributed by atoms with Gasteiger partial charge in [-0.25, -0.2) is 0 Å². The van der Waals surface area contributed by atoms with Gasteiger partial charge in [0.15, 0.2) is 0 Å². The van der Waals surface area contributed by atoms with Crippen molar-refractivity contribution >= 4 is 70.1 Å². The lowest BCUT2D eigenvalue weighted by Gasteiger charge is -2.23. The third-order valence-corrected chi connectivity index (χ3v) is 7.77. The maximum absolute atomic E-state index is 2.35. The molecule has 0 unspecified atom stereocenters. The summed E-state index contributed by atoms with van der Waals surface area (Å²) in [5.41, 5.74) is 2.34. The molecule has 0 bridgehead atoms. The zero-order valence-corrected chi connectivity index (χ0v) is 19.3. The van der Waals surface area contributed by atoms with Crippen molar-refractivity contribution in [2.75, 3.05) is 4.90 Å². The van der Waals surface area contributed by atoms with Gasteiger partial charge in [0, 0.05) is 21.5 Å². The molecule has 0 saturated carbocycles. The van der Waals surface area contributed by atoms with Crippen molar-refractivity contribution in [1.82, 2.24) is 0 Å². The van der Waals surface area contributed by atoms with E-state index in [9.17, 15) is 0 Å². The molecule has 7 aromatic rings. The van der Waals surface area contributed by atoms with Gasteiger partial charge in [-0.05, 0) is 74.8 Å². The maximum atomic E-state index is 2.35. The highest BCUT2D eigenvalue weighted by molar-refractivity contribution is 7.23. The highest BCUT2D eigenvalue weighted by Crippen LogP contribution is 2.44. The van der Waals surface area contributed by atoms with Gasteiger partial charge in [-0.1, -0.05) is 84.9 Å². The molecule has 0 aliphatic rings. The van der Waals surface area contributed by atoms with Crippen LogP contribution in [0.15, 0.2) is 127 Å². The first kappa shape index (κ1) is 19.3. The second kappa shape index (κ2) is 7.72. The summed E-state index contributed by atoms with van der Waals surface area (Å²) in [6.07, 6.45) is 0. The lowest BCUT2D eigenvalue weighted by atomic mass is 9.98. The Morgan fingerprint density at radius 3 is 1.71 bits per heavy atom. The van der Waals surface area contributed by atoms with Crippen LogP contribution < -0.4 is 4.90 Å². The van der Waals surface area contributed by atoms with Gasteiger partial charge in [-0.3, -0.25) is 0 Å². The molecule has 0 radical (unpaired) electrons. The van der Waals surface area contributed by atoms with Crippen molar-refractivity contribution in [3.05, 3.63) is 127 Å². The summed E-state index contributed by atoms with van der Waals surface area (Å²) < 4.78 is 1.33. The van der Waals surface area contributed by atoms with Crippen LogP contribution in [0.4, 0.5) is 16.4 Å². The van der Waals surface area contributed by atoms with Gasteiger partial charge < -0.3 is 4.90 Å². The predicted molar refractivity (Wildman–Crippen MR) is 149 cm³/mol. The number of fused-ring (bicyclic) bond motifs is 6. The Bertz CT molecular complexity index is 1760. The smallest absolute Gasteiger partial charge is 0.101 e. The molecule has 0 N–H and O–H groups in total. The van der Waals surface area contributed by atoms with Crippen LogP contribution in [-0.4, -0.2) is 0 Å². The zero-order chi connectivity index (χ0) is 22.5. The van der Waals surface area contributed by atoms with Gasteiger partial charge in [0.25, 0.3) is 0 Å². The van der Waals surface area contributed by atoms with Crippen molar-refractivity contribution in [3.8, 4) is 0 Å². The Balaban J connectivity index is 1.47. The lowest BCUT2D eigenvalue weighted by Crippen LogP contribution is -2.07. The Hall–Kier alpha value is -4.14. The molecule has 2 heteroatoms. The maximum Gasteiger partial charge on any atom is 0.101 e. The molecule has 0 fully saturated rings. The van der Waals surface area contributed by atoms with Crippen molar-refractivity contribution in [2.24, 2.45) is 0 Å². The summed E-state index contributed by atoms with van der Waals surface area (Å²) in [6.45, 7) is 0. The van der Waals surface area contributed by atoms with Crippen molar-refractivity contribution in [1.29, 1.82) is 0 Å². The topological polar surface area (TPSA) is 3.24 Å². The monoisotopic (exact) mass is 451 g/mol. The number of hydrogen-bond donors (Lipinski definition) is 0.